The molecule has 0 saturated heterocycles. The number of hydrogen-bond donors (Lipinski definition) is 0. The Morgan fingerprint density at radius 1 is 1.53 bits per heavy atom. The molecule has 0 amide bonds. The minimum atomic E-state index is -0.369. The van der Waals surface area contributed by atoms with Crippen molar-refractivity contribution in [3.8, 4) is 0 Å². The summed E-state index contributed by atoms with van der Waals surface area (Å²) < 4.78 is 7.27. The lowest BCUT2D eigenvalue weighted by Crippen LogP contribution is -2.02. The highest BCUT2D eigenvalue weighted by Crippen LogP contribution is 2.26. The third kappa shape index (κ3) is 1.63. The topological polar surface area (TPSA) is 44.1 Å². The second-order valence-corrected chi connectivity index (χ2v) is 4.01. The summed E-state index contributed by atoms with van der Waals surface area (Å²) in [6.45, 7) is 0. The van der Waals surface area contributed by atoms with Gasteiger partial charge in [0.25, 0.3) is 0 Å². The number of carbonyl (C=O) groups is 1. The maximum absolute atomic E-state index is 11.5. The number of aromatic nitrogens is 2. The number of benzene rings is 1. The number of nitrogens with zero attached hydrogens (tertiary/aromatic N) is 2. The Hall–Kier alpha value is -1.36. The van der Waals surface area contributed by atoms with Crippen molar-refractivity contribution < 1.29 is 9.53 Å². The number of fused-ring (bicyclic) bond motifs is 1. The summed E-state index contributed by atoms with van der Waals surface area (Å²) in [5.41, 5.74) is 1.13. The molecule has 0 aliphatic rings. The zero-order valence-corrected chi connectivity index (χ0v) is 9.91. The van der Waals surface area contributed by atoms with Crippen molar-refractivity contribution in [1.29, 1.82) is 0 Å². The summed E-state index contributed by atoms with van der Waals surface area (Å²) in [7, 11) is 3.17. The molecule has 0 atom stereocenters. The van der Waals surface area contributed by atoms with Crippen molar-refractivity contribution in [1.82, 2.24) is 9.78 Å². The van der Waals surface area contributed by atoms with E-state index in [-0.39, 0.29) is 5.97 Å². The third-order valence-electron chi connectivity index (χ3n) is 2.14. The molecule has 4 nitrogen and oxygen atoms in total. The van der Waals surface area contributed by atoms with E-state index >= 15 is 0 Å². The van der Waals surface area contributed by atoms with Crippen LogP contribution in [0, 0.1) is 0 Å². The molecule has 0 aliphatic heterocycles. The molecule has 0 bridgehead atoms. The van der Waals surface area contributed by atoms with Gasteiger partial charge in [0.05, 0.1) is 12.7 Å². The number of ether oxygens (including phenoxy) is 1. The molecule has 2 rings (SSSR count). The Labute approximate surface area is 95.0 Å². The zero-order chi connectivity index (χ0) is 11.0. The van der Waals surface area contributed by atoms with Crippen molar-refractivity contribution in [3.63, 3.8) is 0 Å². The minimum absolute atomic E-state index is 0.369. The lowest BCUT2D eigenvalue weighted by Gasteiger charge is -2.00. The molecule has 2 aromatic rings. The van der Waals surface area contributed by atoms with Gasteiger partial charge in [-0.25, -0.2) is 4.79 Å². The van der Waals surface area contributed by atoms with Gasteiger partial charge in [0, 0.05) is 23.1 Å². The van der Waals surface area contributed by atoms with Crippen LogP contribution < -0.4 is 0 Å². The van der Waals surface area contributed by atoms with Gasteiger partial charge in [0.1, 0.15) is 5.52 Å². The maximum Gasteiger partial charge on any atom is 0.340 e. The molecular weight excluding hydrogens is 260 g/mol. The van der Waals surface area contributed by atoms with Crippen molar-refractivity contribution in [2.75, 3.05) is 7.11 Å². The first-order valence-corrected chi connectivity index (χ1v) is 5.13. The first kappa shape index (κ1) is 10.2. The molecule has 0 saturated carbocycles. The van der Waals surface area contributed by atoms with Gasteiger partial charge >= 0.3 is 5.97 Å². The Morgan fingerprint density at radius 2 is 2.27 bits per heavy atom. The Kier molecular flexibility index (Phi) is 2.48. The molecule has 0 fully saturated rings. The second-order valence-electron chi connectivity index (χ2n) is 3.15. The Balaban J connectivity index is 2.76. The molecule has 5 heteroatoms. The highest BCUT2D eigenvalue weighted by atomic mass is 79.9. The van der Waals surface area contributed by atoms with Crippen LogP contribution >= 0.6 is 15.9 Å². The van der Waals surface area contributed by atoms with E-state index in [1.54, 1.807) is 10.7 Å². The average molecular weight is 269 g/mol. The number of esters is 1. The van der Waals surface area contributed by atoms with Gasteiger partial charge < -0.3 is 4.74 Å². The number of methoxy groups -OCH3 is 1. The standard InChI is InChI=1S/C10H9BrN2O2/c1-13-5-7-8(11)4-3-6(9(7)12-13)10(14)15-2/h3-5H,1-2H3. The van der Waals surface area contributed by atoms with Crippen LogP contribution in [-0.2, 0) is 11.8 Å². The molecule has 0 N–H and O–H groups in total. The summed E-state index contributed by atoms with van der Waals surface area (Å²) >= 11 is 3.41. The molecule has 1 aromatic heterocycles. The van der Waals surface area contributed by atoms with E-state index in [4.69, 9.17) is 0 Å². The smallest absolute Gasteiger partial charge is 0.340 e. The summed E-state index contributed by atoms with van der Waals surface area (Å²) in [6, 6.07) is 3.52. The van der Waals surface area contributed by atoms with Crippen LogP contribution in [0.2, 0.25) is 0 Å². The van der Waals surface area contributed by atoms with Crippen LogP contribution in [0.15, 0.2) is 22.8 Å². The van der Waals surface area contributed by atoms with E-state index in [1.165, 1.54) is 7.11 Å². The summed E-state index contributed by atoms with van der Waals surface area (Å²) in [5.74, 6) is -0.369. The molecule has 0 radical (unpaired) electrons. The van der Waals surface area contributed by atoms with E-state index in [0.29, 0.717) is 11.1 Å². The van der Waals surface area contributed by atoms with E-state index in [0.717, 1.165) is 9.86 Å². The van der Waals surface area contributed by atoms with Crippen LogP contribution in [0.1, 0.15) is 10.4 Å². The van der Waals surface area contributed by atoms with Crippen LogP contribution in [0.25, 0.3) is 10.9 Å². The molecular formula is C10H9BrN2O2. The molecule has 15 heavy (non-hydrogen) atoms. The van der Waals surface area contributed by atoms with Gasteiger partial charge in [-0.2, -0.15) is 5.10 Å². The van der Waals surface area contributed by atoms with Gasteiger partial charge in [0.15, 0.2) is 0 Å². The lowest BCUT2D eigenvalue weighted by molar-refractivity contribution is 0.0602. The van der Waals surface area contributed by atoms with Crippen molar-refractivity contribution in [2.45, 2.75) is 0 Å². The quantitative estimate of drug-likeness (QED) is 0.745. The molecule has 0 unspecified atom stereocenters. The van der Waals surface area contributed by atoms with Crippen molar-refractivity contribution in [2.24, 2.45) is 7.05 Å². The van der Waals surface area contributed by atoms with Crippen molar-refractivity contribution in [3.05, 3.63) is 28.4 Å². The first-order valence-electron chi connectivity index (χ1n) is 4.33. The van der Waals surface area contributed by atoms with E-state index in [9.17, 15) is 4.79 Å². The molecule has 0 aliphatic carbocycles. The van der Waals surface area contributed by atoms with Gasteiger partial charge in [-0.05, 0) is 12.1 Å². The van der Waals surface area contributed by atoms with E-state index < -0.39 is 0 Å². The molecule has 0 spiro atoms. The second kappa shape index (κ2) is 3.66. The van der Waals surface area contributed by atoms with Gasteiger partial charge in [-0.3, -0.25) is 4.68 Å². The van der Waals surface area contributed by atoms with Crippen LogP contribution in [-0.4, -0.2) is 22.9 Å². The normalized spacial score (nSPS) is 10.6. The number of rotatable bonds is 1. The average Bonchev–Trinajstić information content (AvgIpc) is 2.60. The number of halogens is 1. The van der Waals surface area contributed by atoms with E-state index in [2.05, 4.69) is 25.8 Å². The number of hydrogen-bond acceptors (Lipinski definition) is 3. The van der Waals surface area contributed by atoms with Crippen LogP contribution in [0.3, 0.4) is 0 Å². The van der Waals surface area contributed by atoms with Gasteiger partial charge in [-0.15, -0.1) is 0 Å². The van der Waals surface area contributed by atoms with Crippen LogP contribution in [0.4, 0.5) is 0 Å². The summed E-state index contributed by atoms with van der Waals surface area (Å²) in [6.07, 6.45) is 1.85. The fourth-order valence-corrected chi connectivity index (χ4v) is 1.88. The lowest BCUT2D eigenvalue weighted by atomic mass is 10.1. The Bertz CT molecular complexity index is 533. The third-order valence-corrected chi connectivity index (χ3v) is 2.83. The Morgan fingerprint density at radius 3 is 2.93 bits per heavy atom. The predicted octanol–water partition coefficient (Wildman–Crippen LogP) is 2.12. The molecule has 1 heterocycles. The highest BCUT2D eigenvalue weighted by molar-refractivity contribution is 9.10. The monoisotopic (exact) mass is 268 g/mol. The summed E-state index contributed by atoms with van der Waals surface area (Å²) in [5, 5.41) is 5.13. The van der Waals surface area contributed by atoms with Crippen molar-refractivity contribution >= 4 is 32.8 Å². The fraction of sp³-hybridized carbons (Fsp3) is 0.200. The maximum atomic E-state index is 11.5. The zero-order valence-electron chi connectivity index (χ0n) is 8.32. The SMILES string of the molecule is COC(=O)c1ccc(Br)c2cn(C)nc12. The first-order chi connectivity index (χ1) is 7.13. The van der Waals surface area contributed by atoms with E-state index in [1.807, 2.05) is 19.3 Å². The van der Waals surface area contributed by atoms with Gasteiger partial charge in [-0.1, -0.05) is 15.9 Å². The van der Waals surface area contributed by atoms with Gasteiger partial charge in [0.2, 0.25) is 0 Å². The predicted molar refractivity (Wildman–Crippen MR) is 59.8 cm³/mol. The fourth-order valence-electron chi connectivity index (χ4n) is 1.46. The highest BCUT2D eigenvalue weighted by Gasteiger charge is 2.14. The minimum Gasteiger partial charge on any atom is -0.465 e. The van der Waals surface area contributed by atoms with Crippen LogP contribution in [0.5, 0.6) is 0 Å². The number of aryl methyl sites for hydroxylation is 1. The molecule has 78 valence electrons. The molecule has 1 aromatic carbocycles. The summed E-state index contributed by atoms with van der Waals surface area (Å²) in [4.78, 5) is 11.5. The number of carbonyl (C=O) groups excluding carboxylic acids is 1. The largest absolute Gasteiger partial charge is 0.465 e.